The Morgan fingerprint density at radius 2 is 1.96 bits per heavy atom. The highest BCUT2D eigenvalue weighted by Crippen LogP contribution is 2.37. The lowest BCUT2D eigenvalue weighted by molar-refractivity contribution is 0.139. The summed E-state index contributed by atoms with van der Waals surface area (Å²) < 4.78 is 5.73. The lowest BCUT2D eigenvalue weighted by atomic mass is 9.94. The van der Waals surface area contributed by atoms with Gasteiger partial charge < -0.3 is 19.5 Å². The number of nitrogens with zero attached hydrogens (tertiary/aromatic N) is 1. The normalized spacial score (nSPS) is 18.1. The molecule has 1 aliphatic rings. The average molecular weight is 398 g/mol. The number of fused-ring (bicyclic) bond motifs is 1. The first kappa shape index (κ1) is 19.4. The number of aryl methyl sites for hydroxylation is 1. The molecule has 5 nitrogen and oxygen atoms in total. The first-order valence-corrected chi connectivity index (χ1v) is 11.0. The van der Waals surface area contributed by atoms with Gasteiger partial charge >= 0.3 is 0 Å². The van der Waals surface area contributed by atoms with E-state index in [0.717, 1.165) is 25.3 Å². The predicted octanol–water partition coefficient (Wildman–Crippen LogP) is 4.13. The van der Waals surface area contributed by atoms with Crippen molar-refractivity contribution in [3.05, 3.63) is 59.3 Å². The predicted molar refractivity (Wildman–Crippen MR) is 114 cm³/mol. The number of hydrogen-bond donors (Lipinski definition) is 3. The summed E-state index contributed by atoms with van der Waals surface area (Å²) in [7, 11) is -0.293. The monoisotopic (exact) mass is 398 g/mol. The maximum atomic E-state index is 9.43. The number of rotatable bonds is 5. The third-order valence-corrected chi connectivity index (χ3v) is 6.58. The lowest BCUT2D eigenvalue weighted by Gasteiger charge is -2.36. The third kappa shape index (κ3) is 3.68. The van der Waals surface area contributed by atoms with Gasteiger partial charge in [-0.1, -0.05) is 18.6 Å². The highest BCUT2D eigenvalue weighted by atomic mass is 31.2. The van der Waals surface area contributed by atoms with Crippen molar-refractivity contribution in [2.45, 2.75) is 38.8 Å². The average Bonchev–Trinajstić information content (AvgIpc) is 3.21. The molecule has 148 valence electrons. The molecule has 1 fully saturated rings. The molecule has 1 unspecified atom stereocenters. The number of hydrogen-bond acceptors (Lipinski definition) is 4. The molecule has 1 aromatic heterocycles. The molecule has 0 aliphatic carbocycles. The van der Waals surface area contributed by atoms with Crippen LogP contribution in [0.3, 0.4) is 0 Å². The molecule has 0 amide bonds. The number of likely N-dealkylation sites (tertiary alicyclic amines) is 1. The van der Waals surface area contributed by atoms with E-state index in [4.69, 9.17) is 4.74 Å². The van der Waals surface area contributed by atoms with Gasteiger partial charge in [-0.2, -0.15) is 0 Å². The van der Waals surface area contributed by atoms with Crippen molar-refractivity contribution in [1.82, 2.24) is 9.88 Å². The Hall–Kier alpha value is -1.91. The molecular formula is C22H27N2O3P. The highest BCUT2D eigenvalue weighted by molar-refractivity contribution is 7.54. The van der Waals surface area contributed by atoms with Crippen LogP contribution in [-0.4, -0.2) is 33.3 Å². The van der Waals surface area contributed by atoms with Gasteiger partial charge in [-0.15, -0.1) is 0 Å². The number of aromatic nitrogens is 1. The topological polar surface area (TPSA) is 68.7 Å². The summed E-state index contributed by atoms with van der Waals surface area (Å²) in [6, 6.07) is 12.3. The van der Waals surface area contributed by atoms with Crippen molar-refractivity contribution in [3.63, 3.8) is 0 Å². The van der Waals surface area contributed by atoms with Gasteiger partial charge in [0.05, 0.1) is 7.11 Å². The smallest absolute Gasteiger partial charge is 0.199 e. The number of methoxy groups -OCH3 is 1. The van der Waals surface area contributed by atoms with Gasteiger partial charge in [-0.25, -0.2) is 0 Å². The zero-order valence-corrected chi connectivity index (χ0v) is 17.2. The Morgan fingerprint density at radius 1 is 1.18 bits per heavy atom. The van der Waals surface area contributed by atoms with Crippen LogP contribution < -0.4 is 10.0 Å². The minimum atomic E-state index is -2.03. The second kappa shape index (κ2) is 8.22. The van der Waals surface area contributed by atoms with Gasteiger partial charge in [0.25, 0.3) is 0 Å². The van der Waals surface area contributed by atoms with Crippen LogP contribution in [0.5, 0.6) is 5.75 Å². The number of benzene rings is 2. The lowest BCUT2D eigenvalue weighted by Crippen LogP contribution is -2.33. The molecule has 3 aromatic rings. The molecule has 4 rings (SSSR count). The standard InChI is InChI=1S/C22H27N2O3P/c1-15-13-21(27-2)19(18-10-11-23-22(15)18)14-24-12-4-3-5-20(24)16-6-8-17(9-7-16)28(25)26/h6-11,13,20,23,25-26H,3-5,12,14H2,1-2H3. The van der Waals surface area contributed by atoms with E-state index >= 15 is 0 Å². The van der Waals surface area contributed by atoms with E-state index in [2.05, 4.69) is 28.9 Å². The molecule has 0 spiro atoms. The minimum absolute atomic E-state index is 0.325. The fourth-order valence-electron chi connectivity index (χ4n) is 4.37. The van der Waals surface area contributed by atoms with Crippen LogP contribution in [0.2, 0.25) is 0 Å². The number of piperidine rings is 1. The fourth-order valence-corrected chi connectivity index (χ4v) is 4.79. The second-order valence-corrected chi connectivity index (χ2v) is 8.60. The molecule has 1 saturated heterocycles. The van der Waals surface area contributed by atoms with Crippen molar-refractivity contribution in [1.29, 1.82) is 0 Å². The van der Waals surface area contributed by atoms with Crippen LogP contribution in [0.1, 0.15) is 42.0 Å². The first-order valence-electron chi connectivity index (χ1n) is 9.74. The summed E-state index contributed by atoms with van der Waals surface area (Å²) in [6.45, 7) is 3.98. The Morgan fingerprint density at radius 3 is 2.68 bits per heavy atom. The summed E-state index contributed by atoms with van der Waals surface area (Å²) in [5, 5.41) is 1.82. The molecule has 0 bridgehead atoms. The Kier molecular flexibility index (Phi) is 5.70. The van der Waals surface area contributed by atoms with Crippen molar-refractivity contribution in [3.8, 4) is 5.75 Å². The maximum absolute atomic E-state index is 9.43. The molecule has 3 N–H and O–H groups in total. The molecule has 2 heterocycles. The highest BCUT2D eigenvalue weighted by Gasteiger charge is 2.26. The van der Waals surface area contributed by atoms with E-state index in [1.807, 2.05) is 30.5 Å². The second-order valence-electron chi connectivity index (χ2n) is 7.50. The molecular weight excluding hydrogens is 371 g/mol. The van der Waals surface area contributed by atoms with Crippen LogP contribution >= 0.6 is 8.38 Å². The maximum Gasteiger partial charge on any atom is 0.199 e. The molecule has 0 radical (unpaired) electrons. The largest absolute Gasteiger partial charge is 0.496 e. The van der Waals surface area contributed by atoms with Gasteiger partial charge in [0.2, 0.25) is 0 Å². The molecule has 0 saturated carbocycles. The minimum Gasteiger partial charge on any atom is -0.496 e. The zero-order chi connectivity index (χ0) is 19.7. The summed E-state index contributed by atoms with van der Waals surface area (Å²) in [5.74, 6) is 0.940. The van der Waals surface area contributed by atoms with E-state index in [9.17, 15) is 9.79 Å². The zero-order valence-electron chi connectivity index (χ0n) is 16.4. The number of aromatic amines is 1. The number of H-pyrrole nitrogens is 1. The van der Waals surface area contributed by atoms with E-state index in [1.54, 1.807) is 7.11 Å². The summed E-state index contributed by atoms with van der Waals surface area (Å²) in [6.07, 6.45) is 5.50. The third-order valence-electron chi connectivity index (χ3n) is 5.82. The van der Waals surface area contributed by atoms with Crippen molar-refractivity contribution < 1.29 is 14.5 Å². The van der Waals surface area contributed by atoms with E-state index in [0.29, 0.717) is 11.3 Å². The number of ether oxygens (including phenoxy) is 1. The van der Waals surface area contributed by atoms with Crippen LogP contribution in [0.4, 0.5) is 0 Å². The molecule has 1 atom stereocenters. The molecule has 28 heavy (non-hydrogen) atoms. The first-order chi connectivity index (χ1) is 13.6. The van der Waals surface area contributed by atoms with E-state index < -0.39 is 8.38 Å². The fraction of sp³-hybridized carbons (Fsp3) is 0.364. The SMILES string of the molecule is COc1cc(C)c2[nH]ccc2c1CN1CCCCC1c1ccc(P(O)O)cc1. The summed E-state index contributed by atoms with van der Waals surface area (Å²) in [4.78, 5) is 24.7. The van der Waals surface area contributed by atoms with Crippen LogP contribution in [0.15, 0.2) is 42.6 Å². The Labute approximate surface area is 166 Å². The van der Waals surface area contributed by atoms with Gasteiger partial charge in [0.1, 0.15) is 5.75 Å². The van der Waals surface area contributed by atoms with Crippen LogP contribution in [-0.2, 0) is 6.54 Å². The van der Waals surface area contributed by atoms with E-state index in [-0.39, 0.29) is 0 Å². The van der Waals surface area contributed by atoms with Gasteiger partial charge in [-0.3, -0.25) is 4.90 Å². The molecule has 1 aliphatic heterocycles. The van der Waals surface area contributed by atoms with Gasteiger partial charge in [0.15, 0.2) is 8.38 Å². The van der Waals surface area contributed by atoms with Crippen LogP contribution in [0, 0.1) is 6.92 Å². The number of nitrogens with one attached hydrogen (secondary N) is 1. The molecule has 2 aromatic carbocycles. The van der Waals surface area contributed by atoms with Crippen LogP contribution in [0.25, 0.3) is 10.9 Å². The Balaban J connectivity index is 1.67. The summed E-state index contributed by atoms with van der Waals surface area (Å²) in [5.41, 5.74) is 4.82. The summed E-state index contributed by atoms with van der Waals surface area (Å²) >= 11 is 0. The molecule has 6 heteroatoms. The van der Waals surface area contributed by atoms with Crippen molar-refractivity contribution >= 4 is 24.6 Å². The van der Waals surface area contributed by atoms with Gasteiger partial charge in [0, 0.05) is 40.6 Å². The van der Waals surface area contributed by atoms with E-state index in [1.165, 1.54) is 40.4 Å². The van der Waals surface area contributed by atoms with Gasteiger partial charge in [-0.05, 0) is 61.7 Å². The quantitative estimate of drug-likeness (QED) is 0.565. The van der Waals surface area contributed by atoms with Crippen molar-refractivity contribution in [2.24, 2.45) is 0 Å². The Bertz CT molecular complexity index is 952. The van der Waals surface area contributed by atoms with Crippen molar-refractivity contribution in [2.75, 3.05) is 13.7 Å².